The largest absolute Gasteiger partial charge is 0.379 e. The van der Waals surface area contributed by atoms with Crippen LogP contribution in [-0.4, -0.2) is 5.91 Å². The van der Waals surface area contributed by atoms with Crippen molar-refractivity contribution >= 4 is 23.2 Å². The molecule has 0 bridgehead atoms. The number of hydrogen-bond acceptors (Lipinski definition) is 2. The lowest BCUT2D eigenvalue weighted by Crippen LogP contribution is -2.12. The molecule has 2 aromatic rings. The van der Waals surface area contributed by atoms with Crippen LogP contribution in [0.3, 0.4) is 0 Å². The molecule has 3 N–H and O–H groups in total. The highest BCUT2D eigenvalue weighted by Crippen LogP contribution is 2.21. The number of primary amides is 1. The number of nitrogens with one attached hydrogen (secondary N) is 1. The van der Waals surface area contributed by atoms with Gasteiger partial charge >= 0.3 is 0 Å². The van der Waals surface area contributed by atoms with E-state index in [-0.39, 0.29) is 22.8 Å². The zero-order chi connectivity index (χ0) is 14.7. The van der Waals surface area contributed by atoms with Crippen molar-refractivity contribution in [2.75, 3.05) is 5.32 Å². The van der Waals surface area contributed by atoms with Crippen LogP contribution in [0.25, 0.3) is 0 Å². The Balaban J connectivity index is 2.18. The molecule has 2 rings (SSSR count). The standard InChI is InChI=1S/C14H11ClF2N2O/c15-11-6-10(16)3-1-9(11)7-19-13-5-8(14(18)20)2-4-12(13)17/h1-6,19H,7H2,(H2,18,20). The molecule has 3 nitrogen and oxygen atoms in total. The minimum absolute atomic E-state index is 0.127. The Bertz CT molecular complexity index is 662. The molecule has 0 aliphatic carbocycles. The normalized spacial score (nSPS) is 10.3. The first-order chi connectivity index (χ1) is 9.47. The van der Waals surface area contributed by atoms with E-state index in [9.17, 15) is 13.6 Å². The van der Waals surface area contributed by atoms with Crippen molar-refractivity contribution < 1.29 is 13.6 Å². The summed E-state index contributed by atoms with van der Waals surface area (Å²) in [7, 11) is 0. The molecule has 1 amide bonds. The van der Waals surface area contributed by atoms with Crippen LogP contribution in [0.5, 0.6) is 0 Å². The molecule has 0 saturated carbocycles. The number of rotatable bonds is 4. The van der Waals surface area contributed by atoms with Crippen LogP contribution in [0.15, 0.2) is 36.4 Å². The molecule has 0 unspecified atom stereocenters. The summed E-state index contributed by atoms with van der Waals surface area (Å²) >= 11 is 5.87. The van der Waals surface area contributed by atoms with E-state index in [1.165, 1.54) is 30.3 Å². The average molecular weight is 297 g/mol. The van der Waals surface area contributed by atoms with Crippen molar-refractivity contribution in [3.8, 4) is 0 Å². The summed E-state index contributed by atoms with van der Waals surface area (Å²) < 4.78 is 26.5. The first-order valence-corrected chi connectivity index (χ1v) is 6.12. The number of anilines is 1. The van der Waals surface area contributed by atoms with Gasteiger partial charge in [-0.05, 0) is 35.9 Å². The van der Waals surface area contributed by atoms with Crippen molar-refractivity contribution in [3.05, 3.63) is 64.2 Å². The molecule has 0 heterocycles. The van der Waals surface area contributed by atoms with Gasteiger partial charge in [-0.1, -0.05) is 17.7 Å². The molecule has 2 aromatic carbocycles. The Hall–Kier alpha value is -2.14. The first-order valence-electron chi connectivity index (χ1n) is 5.74. The second-order valence-electron chi connectivity index (χ2n) is 4.15. The molecule has 6 heteroatoms. The third-order valence-corrected chi connectivity index (χ3v) is 3.09. The van der Waals surface area contributed by atoms with Gasteiger partial charge in [-0.2, -0.15) is 0 Å². The van der Waals surface area contributed by atoms with Crippen molar-refractivity contribution in [3.63, 3.8) is 0 Å². The smallest absolute Gasteiger partial charge is 0.248 e. The van der Waals surface area contributed by atoms with Crippen molar-refractivity contribution in [2.45, 2.75) is 6.54 Å². The molecule has 0 aliphatic rings. The highest BCUT2D eigenvalue weighted by atomic mass is 35.5. The number of amides is 1. The molecule has 0 radical (unpaired) electrons. The topological polar surface area (TPSA) is 55.1 Å². The van der Waals surface area contributed by atoms with E-state index in [1.807, 2.05) is 0 Å². The van der Waals surface area contributed by atoms with Gasteiger partial charge in [0, 0.05) is 17.1 Å². The molecule has 0 atom stereocenters. The van der Waals surface area contributed by atoms with Gasteiger partial charge in [-0.15, -0.1) is 0 Å². The van der Waals surface area contributed by atoms with Gasteiger partial charge in [0.15, 0.2) is 0 Å². The van der Waals surface area contributed by atoms with E-state index in [1.54, 1.807) is 0 Å². The molecular formula is C14H11ClF2N2O. The molecule has 0 aliphatic heterocycles. The Morgan fingerprint density at radius 3 is 2.60 bits per heavy atom. The minimum atomic E-state index is -0.645. The monoisotopic (exact) mass is 296 g/mol. The Morgan fingerprint density at radius 2 is 1.95 bits per heavy atom. The number of nitrogens with two attached hydrogens (primary N) is 1. The number of carbonyl (C=O) groups excluding carboxylic acids is 1. The fourth-order valence-electron chi connectivity index (χ4n) is 1.67. The van der Waals surface area contributed by atoms with Gasteiger partial charge in [0.2, 0.25) is 5.91 Å². The first kappa shape index (κ1) is 14.3. The van der Waals surface area contributed by atoms with Crippen LogP contribution in [0, 0.1) is 11.6 Å². The fraction of sp³-hybridized carbons (Fsp3) is 0.0714. The van der Waals surface area contributed by atoms with Gasteiger partial charge < -0.3 is 11.1 Å². The van der Waals surface area contributed by atoms with Gasteiger partial charge in [0.1, 0.15) is 11.6 Å². The zero-order valence-electron chi connectivity index (χ0n) is 10.3. The number of carbonyl (C=O) groups is 1. The maximum absolute atomic E-state index is 13.6. The van der Waals surface area contributed by atoms with E-state index < -0.39 is 17.5 Å². The maximum Gasteiger partial charge on any atom is 0.248 e. The van der Waals surface area contributed by atoms with Crippen LogP contribution in [0.2, 0.25) is 5.02 Å². The predicted molar refractivity (Wildman–Crippen MR) is 73.7 cm³/mol. The maximum atomic E-state index is 13.6. The molecule has 104 valence electrons. The lowest BCUT2D eigenvalue weighted by molar-refractivity contribution is 0.100. The van der Waals surface area contributed by atoms with Crippen molar-refractivity contribution in [2.24, 2.45) is 5.73 Å². The Kier molecular flexibility index (Phi) is 4.20. The third-order valence-electron chi connectivity index (χ3n) is 2.74. The summed E-state index contributed by atoms with van der Waals surface area (Å²) in [6.45, 7) is 0.193. The van der Waals surface area contributed by atoms with E-state index in [0.717, 1.165) is 6.07 Å². The van der Waals surface area contributed by atoms with E-state index in [2.05, 4.69) is 5.32 Å². The number of halogens is 3. The van der Waals surface area contributed by atoms with Gasteiger partial charge in [0.05, 0.1) is 5.69 Å². The fourth-order valence-corrected chi connectivity index (χ4v) is 1.90. The van der Waals surface area contributed by atoms with Gasteiger partial charge in [-0.3, -0.25) is 4.79 Å². The summed E-state index contributed by atoms with van der Waals surface area (Å²) in [6.07, 6.45) is 0. The highest BCUT2D eigenvalue weighted by molar-refractivity contribution is 6.31. The van der Waals surface area contributed by atoms with Crippen molar-refractivity contribution in [1.82, 2.24) is 0 Å². The van der Waals surface area contributed by atoms with Crippen LogP contribution >= 0.6 is 11.6 Å². The van der Waals surface area contributed by atoms with Crippen molar-refractivity contribution in [1.29, 1.82) is 0 Å². The predicted octanol–water partition coefficient (Wildman–Crippen LogP) is 3.33. The highest BCUT2D eigenvalue weighted by Gasteiger charge is 2.08. The summed E-state index contributed by atoms with van der Waals surface area (Å²) in [5.41, 5.74) is 6.06. The molecule has 20 heavy (non-hydrogen) atoms. The third kappa shape index (κ3) is 3.24. The van der Waals surface area contributed by atoms with Crippen LogP contribution in [0.1, 0.15) is 15.9 Å². The summed E-state index contributed by atoms with van der Waals surface area (Å²) in [5.74, 6) is -1.61. The molecule has 0 spiro atoms. The number of hydrogen-bond donors (Lipinski definition) is 2. The van der Waals surface area contributed by atoms with Crippen LogP contribution in [-0.2, 0) is 6.54 Å². The number of benzene rings is 2. The van der Waals surface area contributed by atoms with E-state index >= 15 is 0 Å². The van der Waals surface area contributed by atoms with Gasteiger partial charge in [-0.25, -0.2) is 8.78 Å². The van der Waals surface area contributed by atoms with Gasteiger partial charge in [0.25, 0.3) is 0 Å². The van der Waals surface area contributed by atoms with Crippen LogP contribution < -0.4 is 11.1 Å². The molecule has 0 saturated heterocycles. The summed E-state index contributed by atoms with van der Waals surface area (Å²) in [6, 6.07) is 7.70. The van der Waals surface area contributed by atoms with E-state index in [0.29, 0.717) is 5.56 Å². The molecule has 0 aromatic heterocycles. The van der Waals surface area contributed by atoms with Crippen LogP contribution in [0.4, 0.5) is 14.5 Å². The lowest BCUT2D eigenvalue weighted by Gasteiger charge is -2.10. The Labute approximate surface area is 119 Å². The minimum Gasteiger partial charge on any atom is -0.379 e. The summed E-state index contributed by atoms with van der Waals surface area (Å²) in [4.78, 5) is 11.0. The molecular weight excluding hydrogens is 286 g/mol. The lowest BCUT2D eigenvalue weighted by atomic mass is 10.1. The van der Waals surface area contributed by atoms with E-state index in [4.69, 9.17) is 17.3 Å². The Morgan fingerprint density at radius 1 is 1.20 bits per heavy atom. The summed E-state index contributed by atoms with van der Waals surface area (Å²) in [5, 5.41) is 3.03. The second-order valence-corrected chi connectivity index (χ2v) is 4.56. The quantitative estimate of drug-likeness (QED) is 0.909. The molecule has 0 fully saturated rings. The SMILES string of the molecule is NC(=O)c1ccc(F)c(NCc2ccc(F)cc2Cl)c1. The average Bonchev–Trinajstić information content (AvgIpc) is 2.39. The zero-order valence-corrected chi connectivity index (χ0v) is 11.0. The second kappa shape index (κ2) is 5.88.